The molecule has 0 amide bonds. The third-order valence-corrected chi connectivity index (χ3v) is 2.58. The fourth-order valence-electron chi connectivity index (χ4n) is 0.955. The fourth-order valence-corrected chi connectivity index (χ4v) is 1.82. The molecular formula is C8H15NS. The van der Waals surface area contributed by atoms with Crippen LogP contribution in [0.2, 0.25) is 0 Å². The van der Waals surface area contributed by atoms with Gasteiger partial charge in [-0.3, -0.25) is 0 Å². The summed E-state index contributed by atoms with van der Waals surface area (Å²) in [7, 11) is 0. The molecule has 0 aromatic rings. The van der Waals surface area contributed by atoms with Gasteiger partial charge in [-0.25, -0.2) is 0 Å². The Morgan fingerprint density at radius 3 is 3.20 bits per heavy atom. The van der Waals surface area contributed by atoms with Crippen molar-refractivity contribution in [1.82, 2.24) is 5.32 Å². The third kappa shape index (κ3) is 2.65. The van der Waals surface area contributed by atoms with Gasteiger partial charge in [0.1, 0.15) is 0 Å². The Balaban J connectivity index is 2.12. The van der Waals surface area contributed by atoms with Crippen LogP contribution in [-0.2, 0) is 0 Å². The van der Waals surface area contributed by atoms with Crippen LogP contribution in [0.15, 0.2) is 11.1 Å². The summed E-state index contributed by atoms with van der Waals surface area (Å²) in [4.78, 5) is 0. The first-order chi connectivity index (χ1) is 4.93. The highest BCUT2D eigenvalue weighted by Gasteiger charge is 2.03. The van der Waals surface area contributed by atoms with E-state index in [-0.39, 0.29) is 0 Å². The van der Waals surface area contributed by atoms with E-state index in [2.05, 4.69) is 18.3 Å². The zero-order chi connectivity index (χ0) is 7.23. The number of allylic oxidation sites excluding steroid dienone is 1. The van der Waals surface area contributed by atoms with Crippen molar-refractivity contribution in [1.29, 1.82) is 0 Å². The second-order valence-electron chi connectivity index (χ2n) is 2.49. The van der Waals surface area contributed by atoms with Crippen LogP contribution in [0.25, 0.3) is 0 Å². The molecule has 1 rings (SSSR count). The van der Waals surface area contributed by atoms with E-state index >= 15 is 0 Å². The Morgan fingerprint density at radius 1 is 1.70 bits per heavy atom. The molecule has 0 bridgehead atoms. The van der Waals surface area contributed by atoms with Gasteiger partial charge in [0.05, 0.1) is 5.03 Å². The van der Waals surface area contributed by atoms with Crippen molar-refractivity contribution >= 4 is 11.8 Å². The summed E-state index contributed by atoms with van der Waals surface area (Å²) in [6.07, 6.45) is 6.19. The van der Waals surface area contributed by atoms with Gasteiger partial charge in [-0.2, -0.15) is 0 Å². The molecule has 0 aliphatic carbocycles. The summed E-state index contributed by atoms with van der Waals surface area (Å²) >= 11 is 1.94. The summed E-state index contributed by atoms with van der Waals surface area (Å²) in [6, 6.07) is 0. The van der Waals surface area contributed by atoms with E-state index in [0.29, 0.717) is 0 Å². The van der Waals surface area contributed by atoms with Gasteiger partial charge in [0, 0.05) is 12.3 Å². The molecule has 58 valence electrons. The highest BCUT2D eigenvalue weighted by Crippen LogP contribution is 2.18. The smallest absolute Gasteiger partial charge is 0.0641 e. The zero-order valence-electron chi connectivity index (χ0n) is 6.52. The Hall–Kier alpha value is -0.110. The Labute approximate surface area is 67.3 Å². The van der Waals surface area contributed by atoms with Crippen LogP contribution in [0.1, 0.15) is 26.2 Å². The molecular weight excluding hydrogens is 142 g/mol. The number of hydrogen-bond acceptors (Lipinski definition) is 2. The second-order valence-corrected chi connectivity index (χ2v) is 3.62. The highest BCUT2D eigenvalue weighted by molar-refractivity contribution is 8.03. The molecule has 2 heteroatoms. The summed E-state index contributed by atoms with van der Waals surface area (Å²) in [5.74, 6) is 1.25. The second kappa shape index (κ2) is 4.67. The number of thioether (sulfide) groups is 1. The monoisotopic (exact) mass is 157 g/mol. The molecule has 1 aliphatic rings. The fraction of sp³-hybridized carbons (Fsp3) is 0.750. The van der Waals surface area contributed by atoms with E-state index in [9.17, 15) is 0 Å². The van der Waals surface area contributed by atoms with Gasteiger partial charge >= 0.3 is 0 Å². The lowest BCUT2D eigenvalue weighted by molar-refractivity contribution is 0.807. The Kier molecular flexibility index (Phi) is 3.73. The summed E-state index contributed by atoms with van der Waals surface area (Å²) < 4.78 is 0. The lowest BCUT2D eigenvalue weighted by atomic mass is 10.2. The molecule has 10 heavy (non-hydrogen) atoms. The van der Waals surface area contributed by atoms with Crippen molar-refractivity contribution in [3.8, 4) is 0 Å². The number of unbranched alkanes of at least 4 members (excludes halogenated alkanes) is 2. The highest BCUT2D eigenvalue weighted by atomic mass is 32.2. The van der Waals surface area contributed by atoms with Crippen LogP contribution < -0.4 is 5.32 Å². The van der Waals surface area contributed by atoms with Crippen molar-refractivity contribution < 1.29 is 0 Å². The molecule has 0 radical (unpaired) electrons. The summed E-state index contributed by atoms with van der Waals surface area (Å²) in [5.41, 5.74) is 0. The maximum atomic E-state index is 3.34. The lowest BCUT2D eigenvalue weighted by Gasteiger charge is -1.95. The van der Waals surface area contributed by atoms with Gasteiger partial charge in [-0.15, -0.1) is 11.8 Å². The van der Waals surface area contributed by atoms with Gasteiger partial charge in [-0.1, -0.05) is 19.4 Å². The molecule has 1 aliphatic heterocycles. The van der Waals surface area contributed by atoms with Crippen LogP contribution in [0.5, 0.6) is 0 Å². The third-order valence-electron chi connectivity index (χ3n) is 1.55. The van der Waals surface area contributed by atoms with Crippen molar-refractivity contribution in [2.75, 3.05) is 12.3 Å². The molecule has 1 N–H and O–H groups in total. The number of nitrogens with one attached hydrogen (secondary N) is 1. The topological polar surface area (TPSA) is 12.0 Å². The van der Waals surface area contributed by atoms with Gasteiger partial charge in [0.15, 0.2) is 0 Å². The van der Waals surface area contributed by atoms with E-state index in [0.717, 1.165) is 6.54 Å². The molecule has 0 aromatic carbocycles. The standard InChI is InChI=1S/C8H15NS/c1-2-3-4-5-8-9-6-7-10-8/h5,9H,2-4,6-7H2,1H3/b8-5+. The minimum absolute atomic E-state index is 1.16. The quantitative estimate of drug-likeness (QED) is 0.631. The van der Waals surface area contributed by atoms with Gasteiger partial charge in [0.2, 0.25) is 0 Å². The van der Waals surface area contributed by atoms with E-state index in [1.165, 1.54) is 30.0 Å². The molecule has 0 unspecified atom stereocenters. The summed E-state index contributed by atoms with van der Waals surface area (Å²) in [5, 5.41) is 4.74. The average molecular weight is 157 g/mol. The minimum atomic E-state index is 1.16. The van der Waals surface area contributed by atoms with Gasteiger partial charge in [0.25, 0.3) is 0 Å². The van der Waals surface area contributed by atoms with Crippen molar-refractivity contribution in [2.24, 2.45) is 0 Å². The van der Waals surface area contributed by atoms with Gasteiger partial charge in [-0.05, 0) is 12.8 Å². The SMILES string of the molecule is CCCC/C=C1\NCCS1. The van der Waals surface area contributed by atoms with E-state index in [1.807, 2.05) is 11.8 Å². The van der Waals surface area contributed by atoms with Crippen LogP contribution in [0, 0.1) is 0 Å². The molecule has 0 atom stereocenters. The van der Waals surface area contributed by atoms with Crippen molar-refractivity contribution in [3.05, 3.63) is 11.1 Å². The number of hydrogen-bond donors (Lipinski definition) is 1. The van der Waals surface area contributed by atoms with Crippen LogP contribution in [0.4, 0.5) is 0 Å². The largest absolute Gasteiger partial charge is 0.379 e. The molecule has 1 heterocycles. The molecule has 1 nitrogen and oxygen atoms in total. The Bertz CT molecular complexity index is 112. The summed E-state index contributed by atoms with van der Waals surface area (Å²) in [6.45, 7) is 3.39. The normalized spacial score (nSPS) is 21.5. The molecule has 0 saturated carbocycles. The van der Waals surface area contributed by atoms with Crippen LogP contribution >= 0.6 is 11.8 Å². The minimum Gasteiger partial charge on any atom is -0.379 e. The molecule has 1 fully saturated rings. The number of rotatable bonds is 3. The first-order valence-corrected chi connectivity index (χ1v) is 4.99. The first kappa shape index (κ1) is 7.99. The Morgan fingerprint density at radius 2 is 2.60 bits per heavy atom. The van der Waals surface area contributed by atoms with E-state index in [1.54, 1.807) is 0 Å². The predicted octanol–water partition coefficient (Wildman–Crippen LogP) is 2.35. The first-order valence-electron chi connectivity index (χ1n) is 4.00. The molecule has 0 aromatic heterocycles. The van der Waals surface area contributed by atoms with Crippen LogP contribution in [-0.4, -0.2) is 12.3 Å². The lowest BCUT2D eigenvalue weighted by Crippen LogP contribution is -2.03. The average Bonchev–Trinajstić information content (AvgIpc) is 2.41. The molecule has 1 saturated heterocycles. The maximum Gasteiger partial charge on any atom is 0.0641 e. The van der Waals surface area contributed by atoms with Gasteiger partial charge < -0.3 is 5.32 Å². The van der Waals surface area contributed by atoms with Crippen LogP contribution in [0.3, 0.4) is 0 Å². The van der Waals surface area contributed by atoms with Crippen molar-refractivity contribution in [3.63, 3.8) is 0 Å². The van der Waals surface area contributed by atoms with Crippen molar-refractivity contribution in [2.45, 2.75) is 26.2 Å². The zero-order valence-corrected chi connectivity index (χ0v) is 7.34. The van der Waals surface area contributed by atoms with E-state index < -0.39 is 0 Å². The van der Waals surface area contributed by atoms with E-state index in [4.69, 9.17) is 0 Å². The molecule has 0 spiro atoms. The predicted molar refractivity (Wildman–Crippen MR) is 48.1 cm³/mol. The maximum absolute atomic E-state index is 3.34.